The predicted octanol–water partition coefficient (Wildman–Crippen LogP) is 2.71. The molecule has 0 saturated heterocycles. The van der Waals surface area contributed by atoms with Crippen molar-refractivity contribution in [2.24, 2.45) is 0 Å². The SMILES string of the molecule is COc1cccc(OC)c1S(=O)(=O)Nc1ncc2cc(Cn3cccn3)cc(C)n12. The third kappa shape index (κ3) is 3.57. The summed E-state index contributed by atoms with van der Waals surface area (Å²) in [6, 6.07) is 10.6. The Morgan fingerprint density at radius 3 is 2.47 bits per heavy atom. The van der Waals surface area contributed by atoms with Gasteiger partial charge in [0.25, 0.3) is 10.0 Å². The Morgan fingerprint density at radius 2 is 1.83 bits per heavy atom. The third-order valence-corrected chi connectivity index (χ3v) is 6.04. The van der Waals surface area contributed by atoms with Crippen molar-refractivity contribution in [1.29, 1.82) is 0 Å². The molecule has 1 aromatic carbocycles. The first-order chi connectivity index (χ1) is 14.4. The molecule has 0 aliphatic carbocycles. The van der Waals surface area contributed by atoms with Crippen LogP contribution in [0.15, 0.2) is 59.9 Å². The van der Waals surface area contributed by atoms with E-state index < -0.39 is 10.0 Å². The van der Waals surface area contributed by atoms with Crippen molar-refractivity contribution in [3.8, 4) is 11.5 Å². The van der Waals surface area contributed by atoms with E-state index in [2.05, 4.69) is 14.8 Å². The largest absolute Gasteiger partial charge is 0.495 e. The minimum atomic E-state index is -4.03. The van der Waals surface area contributed by atoms with Crippen molar-refractivity contribution in [3.05, 3.63) is 66.2 Å². The highest BCUT2D eigenvalue weighted by Crippen LogP contribution is 2.34. The third-order valence-electron chi connectivity index (χ3n) is 4.65. The van der Waals surface area contributed by atoms with Gasteiger partial charge in [0.2, 0.25) is 5.95 Å². The van der Waals surface area contributed by atoms with E-state index in [9.17, 15) is 8.42 Å². The van der Waals surface area contributed by atoms with Gasteiger partial charge >= 0.3 is 0 Å². The molecule has 0 saturated carbocycles. The number of fused-ring (bicyclic) bond motifs is 1. The molecule has 0 radical (unpaired) electrons. The highest BCUT2D eigenvalue weighted by Gasteiger charge is 2.26. The summed E-state index contributed by atoms with van der Waals surface area (Å²) in [4.78, 5) is 4.20. The first-order valence-corrected chi connectivity index (χ1v) is 10.6. The lowest BCUT2D eigenvalue weighted by atomic mass is 10.2. The number of pyridine rings is 1. The van der Waals surface area contributed by atoms with Gasteiger partial charge in [0.05, 0.1) is 32.5 Å². The first-order valence-electron chi connectivity index (χ1n) is 9.11. The van der Waals surface area contributed by atoms with Gasteiger partial charge in [0.1, 0.15) is 11.5 Å². The number of imidazole rings is 1. The van der Waals surface area contributed by atoms with Crippen LogP contribution in [0, 0.1) is 6.92 Å². The van der Waals surface area contributed by atoms with Gasteiger partial charge in [-0.1, -0.05) is 6.07 Å². The Hall–Kier alpha value is -3.53. The van der Waals surface area contributed by atoms with Crippen LogP contribution in [0.2, 0.25) is 0 Å². The van der Waals surface area contributed by atoms with Crippen LogP contribution in [0.3, 0.4) is 0 Å². The van der Waals surface area contributed by atoms with Crippen LogP contribution in [0.1, 0.15) is 11.3 Å². The van der Waals surface area contributed by atoms with Crippen molar-refractivity contribution < 1.29 is 17.9 Å². The first kappa shape index (κ1) is 19.8. The highest BCUT2D eigenvalue weighted by molar-refractivity contribution is 7.93. The van der Waals surface area contributed by atoms with Gasteiger partial charge in [0.15, 0.2) is 4.90 Å². The second-order valence-electron chi connectivity index (χ2n) is 6.65. The molecule has 0 unspecified atom stereocenters. The summed E-state index contributed by atoms with van der Waals surface area (Å²) in [5, 5.41) is 4.22. The molecule has 3 heterocycles. The molecule has 0 atom stereocenters. The minimum absolute atomic E-state index is 0.0836. The fourth-order valence-corrected chi connectivity index (χ4v) is 4.72. The van der Waals surface area contributed by atoms with E-state index in [0.29, 0.717) is 6.54 Å². The average Bonchev–Trinajstić information content (AvgIpc) is 3.37. The molecule has 1 N–H and O–H groups in total. The molecule has 9 nitrogen and oxygen atoms in total. The quantitative estimate of drug-likeness (QED) is 0.487. The molecule has 0 bridgehead atoms. The molecule has 0 aliphatic heterocycles. The summed E-state index contributed by atoms with van der Waals surface area (Å²) in [5.41, 5.74) is 2.63. The number of anilines is 1. The zero-order chi connectivity index (χ0) is 21.3. The smallest absolute Gasteiger partial charge is 0.271 e. The Bertz CT molecular complexity index is 1270. The van der Waals surface area contributed by atoms with E-state index in [1.807, 2.05) is 36.0 Å². The highest BCUT2D eigenvalue weighted by atomic mass is 32.2. The van der Waals surface area contributed by atoms with Crippen molar-refractivity contribution in [1.82, 2.24) is 19.2 Å². The van der Waals surface area contributed by atoms with Gasteiger partial charge in [-0.25, -0.2) is 18.1 Å². The van der Waals surface area contributed by atoms with Gasteiger partial charge < -0.3 is 9.47 Å². The molecule has 30 heavy (non-hydrogen) atoms. The molecule has 0 aliphatic rings. The molecule has 4 rings (SSSR count). The minimum Gasteiger partial charge on any atom is -0.495 e. The van der Waals surface area contributed by atoms with E-state index in [1.165, 1.54) is 14.2 Å². The molecular weight excluding hydrogens is 406 g/mol. The van der Waals surface area contributed by atoms with Gasteiger partial charge in [-0.2, -0.15) is 5.10 Å². The number of benzene rings is 1. The molecule has 0 spiro atoms. The number of nitrogens with zero attached hydrogens (tertiary/aromatic N) is 4. The van der Waals surface area contributed by atoms with Crippen LogP contribution in [0.5, 0.6) is 11.5 Å². The summed E-state index contributed by atoms with van der Waals surface area (Å²) in [5.74, 6) is 0.544. The second kappa shape index (κ2) is 7.71. The number of rotatable bonds is 7. The maximum atomic E-state index is 13.2. The summed E-state index contributed by atoms with van der Waals surface area (Å²) in [6.45, 7) is 2.50. The van der Waals surface area contributed by atoms with Gasteiger partial charge in [-0.05, 0) is 42.8 Å². The topological polar surface area (TPSA) is 99.7 Å². The molecule has 156 valence electrons. The zero-order valence-electron chi connectivity index (χ0n) is 16.7. The molecular formula is C20H21N5O4S. The van der Waals surface area contributed by atoms with Crippen molar-refractivity contribution in [2.75, 3.05) is 18.9 Å². The van der Waals surface area contributed by atoms with Crippen molar-refractivity contribution in [3.63, 3.8) is 0 Å². The maximum absolute atomic E-state index is 13.2. The van der Waals surface area contributed by atoms with Crippen LogP contribution >= 0.6 is 0 Å². The summed E-state index contributed by atoms with van der Waals surface area (Å²) < 4.78 is 42.9. The lowest BCUT2D eigenvalue weighted by molar-refractivity contribution is 0.373. The van der Waals surface area contributed by atoms with Crippen LogP contribution in [0.4, 0.5) is 5.95 Å². The standard InChI is InChI=1S/C20H21N5O4S/c1-14-10-15(13-24-9-5-8-22-24)11-16-12-21-20(25(14)16)23-30(26,27)19-17(28-2)6-4-7-18(19)29-3/h4-12H,13H2,1-3H3,(H,21,23). The fourth-order valence-electron chi connectivity index (χ4n) is 3.40. The van der Waals surface area contributed by atoms with Crippen LogP contribution in [-0.2, 0) is 16.6 Å². The number of ether oxygens (including phenoxy) is 2. The Morgan fingerprint density at radius 1 is 1.10 bits per heavy atom. The van der Waals surface area contributed by atoms with E-state index in [0.717, 1.165) is 16.8 Å². The summed E-state index contributed by atoms with van der Waals surface area (Å²) in [6.07, 6.45) is 5.23. The second-order valence-corrected chi connectivity index (χ2v) is 8.27. The van der Waals surface area contributed by atoms with Crippen LogP contribution < -0.4 is 14.2 Å². The number of aromatic nitrogens is 4. The van der Waals surface area contributed by atoms with Crippen LogP contribution in [0.25, 0.3) is 5.52 Å². The molecule has 10 heteroatoms. The predicted molar refractivity (Wildman–Crippen MR) is 112 cm³/mol. The summed E-state index contributed by atoms with van der Waals surface area (Å²) in [7, 11) is -1.21. The Labute approximate surface area is 173 Å². The lowest BCUT2D eigenvalue weighted by Gasteiger charge is -2.15. The molecule has 3 aromatic heterocycles. The molecule has 0 amide bonds. The fraction of sp³-hybridized carbons (Fsp3) is 0.200. The molecule has 0 fully saturated rings. The number of aryl methyl sites for hydroxylation is 1. The zero-order valence-corrected chi connectivity index (χ0v) is 17.5. The number of nitrogens with one attached hydrogen (secondary N) is 1. The van der Waals surface area contributed by atoms with E-state index >= 15 is 0 Å². The van der Waals surface area contributed by atoms with E-state index in [1.54, 1.807) is 35.0 Å². The number of hydrogen-bond donors (Lipinski definition) is 1. The average molecular weight is 427 g/mol. The summed E-state index contributed by atoms with van der Waals surface area (Å²) >= 11 is 0. The monoisotopic (exact) mass is 427 g/mol. The van der Waals surface area contributed by atoms with Crippen molar-refractivity contribution in [2.45, 2.75) is 18.4 Å². The number of methoxy groups -OCH3 is 2. The normalized spacial score (nSPS) is 11.6. The number of sulfonamides is 1. The maximum Gasteiger partial charge on any atom is 0.271 e. The van der Waals surface area contributed by atoms with Gasteiger partial charge in [0, 0.05) is 18.1 Å². The van der Waals surface area contributed by atoms with Crippen LogP contribution in [-0.4, -0.2) is 41.8 Å². The van der Waals surface area contributed by atoms with Crippen molar-refractivity contribution >= 4 is 21.5 Å². The number of hydrogen-bond acceptors (Lipinski definition) is 6. The lowest BCUT2D eigenvalue weighted by Crippen LogP contribution is -2.17. The molecule has 4 aromatic rings. The van der Waals surface area contributed by atoms with E-state index in [-0.39, 0.29) is 22.3 Å². The Balaban J connectivity index is 1.73. The Kier molecular flexibility index (Phi) is 5.08. The van der Waals surface area contributed by atoms with Gasteiger partial charge in [-0.3, -0.25) is 9.08 Å². The van der Waals surface area contributed by atoms with E-state index in [4.69, 9.17) is 9.47 Å². The van der Waals surface area contributed by atoms with Gasteiger partial charge in [-0.15, -0.1) is 0 Å².